The molecule has 0 spiro atoms. The van der Waals surface area contributed by atoms with Crippen molar-refractivity contribution >= 4 is 0 Å². The quantitative estimate of drug-likeness (QED) is 0.494. The van der Waals surface area contributed by atoms with Crippen LogP contribution in [0.5, 0.6) is 0 Å². The first-order valence-electron chi connectivity index (χ1n) is 8.85. The molecule has 0 aliphatic carbocycles. The maximum atomic E-state index is 3.49. The summed E-state index contributed by atoms with van der Waals surface area (Å²) < 4.78 is 0. The van der Waals surface area contributed by atoms with E-state index in [0.717, 1.165) is 6.54 Å². The summed E-state index contributed by atoms with van der Waals surface area (Å²) >= 11 is 0. The number of unbranched alkanes of at least 4 members (excludes halogenated alkanes) is 1. The number of hydrogen-bond acceptors (Lipinski definition) is 3. The number of hydrogen-bond donors (Lipinski definition) is 1. The molecule has 3 nitrogen and oxygen atoms in total. The molecule has 0 bridgehead atoms. The van der Waals surface area contributed by atoms with E-state index in [-0.39, 0.29) is 0 Å². The Morgan fingerprint density at radius 1 is 0.750 bits per heavy atom. The first-order chi connectivity index (χ1) is 9.67. The standard InChI is InChI=1S/C17H39N3/c1-6-18-17(5)13-10-11-14-20(9-4)16-12-15-19(7-2)8-3/h17-18H,6-16H2,1-5H3. The van der Waals surface area contributed by atoms with Gasteiger partial charge in [0, 0.05) is 6.04 Å². The van der Waals surface area contributed by atoms with Crippen molar-refractivity contribution in [1.82, 2.24) is 15.1 Å². The molecule has 0 aliphatic heterocycles. The third-order valence-electron chi connectivity index (χ3n) is 4.20. The molecule has 3 heteroatoms. The van der Waals surface area contributed by atoms with Crippen LogP contribution in [0.15, 0.2) is 0 Å². The van der Waals surface area contributed by atoms with Crippen LogP contribution in [-0.2, 0) is 0 Å². The SMILES string of the molecule is CCNC(C)CCCCN(CC)CCCN(CC)CC. The zero-order chi connectivity index (χ0) is 15.2. The van der Waals surface area contributed by atoms with Crippen LogP contribution in [0.1, 0.15) is 60.3 Å². The minimum absolute atomic E-state index is 0.678. The van der Waals surface area contributed by atoms with Crippen LogP contribution in [0.3, 0.4) is 0 Å². The van der Waals surface area contributed by atoms with Crippen molar-refractivity contribution in [2.45, 2.75) is 66.3 Å². The zero-order valence-electron chi connectivity index (χ0n) is 14.7. The molecule has 1 atom stereocenters. The molecule has 1 N–H and O–H groups in total. The fraction of sp³-hybridized carbons (Fsp3) is 1.00. The van der Waals surface area contributed by atoms with Gasteiger partial charge in [-0.1, -0.05) is 34.1 Å². The molecule has 0 fully saturated rings. The molecule has 0 saturated carbocycles. The van der Waals surface area contributed by atoms with E-state index in [0.29, 0.717) is 6.04 Å². The van der Waals surface area contributed by atoms with Gasteiger partial charge in [-0.3, -0.25) is 0 Å². The first-order valence-corrected chi connectivity index (χ1v) is 8.85. The van der Waals surface area contributed by atoms with E-state index in [2.05, 4.69) is 49.7 Å². The Labute approximate surface area is 128 Å². The lowest BCUT2D eigenvalue weighted by Crippen LogP contribution is -2.31. The maximum absolute atomic E-state index is 3.49. The Morgan fingerprint density at radius 3 is 1.85 bits per heavy atom. The van der Waals surface area contributed by atoms with Gasteiger partial charge in [-0.2, -0.15) is 0 Å². The first kappa shape index (κ1) is 19.9. The van der Waals surface area contributed by atoms with E-state index < -0.39 is 0 Å². The predicted octanol–water partition coefficient (Wildman–Crippen LogP) is 3.21. The highest BCUT2D eigenvalue weighted by atomic mass is 15.1. The van der Waals surface area contributed by atoms with Crippen LogP contribution >= 0.6 is 0 Å². The number of nitrogens with zero attached hydrogens (tertiary/aromatic N) is 2. The Bertz CT molecular complexity index is 193. The topological polar surface area (TPSA) is 18.5 Å². The van der Waals surface area contributed by atoms with Gasteiger partial charge in [0.05, 0.1) is 0 Å². The molecule has 1 unspecified atom stereocenters. The monoisotopic (exact) mass is 285 g/mol. The van der Waals surface area contributed by atoms with Crippen molar-refractivity contribution in [2.24, 2.45) is 0 Å². The second-order valence-corrected chi connectivity index (χ2v) is 5.77. The molecule has 20 heavy (non-hydrogen) atoms. The summed E-state index contributed by atoms with van der Waals surface area (Å²) in [6.45, 7) is 19.7. The molecule has 0 aromatic rings. The van der Waals surface area contributed by atoms with Gasteiger partial charge in [0.2, 0.25) is 0 Å². The molecule has 0 aromatic heterocycles. The normalized spacial score (nSPS) is 13.3. The van der Waals surface area contributed by atoms with E-state index in [9.17, 15) is 0 Å². The Balaban J connectivity index is 3.61. The van der Waals surface area contributed by atoms with E-state index in [1.54, 1.807) is 0 Å². The molecule has 0 saturated heterocycles. The summed E-state index contributed by atoms with van der Waals surface area (Å²) in [4.78, 5) is 5.13. The second kappa shape index (κ2) is 13.8. The molecule has 0 aromatic carbocycles. The van der Waals surface area contributed by atoms with Crippen LogP contribution < -0.4 is 5.32 Å². The fourth-order valence-electron chi connectivity index (χ4n) is 2.72. The minimum Gasteiger partial charge on any atom is -0.315 e. The predicted molar refractivity (Wildman–Crippen MR) is 91.5 cm³/mol. The Morgan fingerprint density at radius 2 is 1.30 bits per heavy atom. The third kappa shape index (κ3) is 10.6. The van der Waals surface area contributed by atoms with Crippen LogP contribution in [0, 0.1) is 0 Å². The van der Waals surface area contributed by atoms with Crippen molar-refractivity contribution in [2.75, 3.05) is 45.8 Å². The van der Waals surface area contributed by atoms with Gasteiger partial charge in [0.15, 0.2) is 0 Å². The zero-order valence-corrected chi connectivity index (χ0v) is 14.7. The molecule has 0 aliphatic rings. The summed E-state index contributed by atoms with van der Waals surface area (Å²) in [6, 6.07) is 0.678. The van der Waals surface area contributed by atoms with E-state index in [1.165, 1.54) is 65.0 Å². The van der Waals surface area contributed by atoms with Gasteiger partial charge in [0.1, 0.15) is 0 Å². The van der Waals surface area contributed by atoms with Crippen LogP contribution in [-0.4, -0.2) is 61.7 Å². The lowest BCUT2D eigenvalue weighted by molar-refractivity contribution is 0.239. The van der Waals surface area contributed by atoms with E-state index in [1.807, 2.05) is 0 Å². The smallest absolute Gasteiger partial charge is 0.00386 e. The van der Waals surface area contributed by atoms with Crippen LogP contribution in [0.4, 0.5) is 0 Å². The van der Waals surface area contributed by atoms with Crippen molar-refractivity contribution in [1.29, 1.82) is 0 Å². The molecule has 0 amide bonds. The Kier molecular flexibility index (Phi) is 13.8. The van der Waals surface area contributed by atoms with Gasteiger partial charge >= 0.3 is 0 Å². The van der Waals surface area contributed by atoms with Crippen molar-refractivity contribution in [3.8, 4) is 0 Å². The van der Waals surface area contributed by atoms with Gasteiger partial charge in [-0.15, -0.1) is 0 Å². The largest absolute Gasteiger partial charge is 0.315 e. The summed E-state index contributed by atoms with van der Waals surface area (Å²) in [5, 5.41) is 3.49. The summed E-state index contributed by atoms with van der Waals surface area (Å²) in [5.74, 6) is 0. The highest BCUT2D eigenvalue weighted by molar-refractivity contribution is 4.62. The van der Waals surface area contributed by atoms with Crippen molar-refractivity contribution in [3.05, 3.63) is 0 Å². The van der Waals surface area contributed by atoms with Crippen LogP contribution in [0.25, 0.3) is 0 Å². The Hall–Kier alpha value is -0.120. The summed E-state index contributed by atoms with van der Waals surface area (Å²) in [6.07, 6.45) is 5.31. The molecule has 0 radical (unpaired) electrons. The van der Waals surface area contributed by atoms with Gasteiger partial charge in [0.25, 0.3) is 0 Å². The number of rotatable bonds is 14. The highest BCUT2D eigenvalue weighted by Gasteiger charge is 2.05. The minimum atomic E-state index is 0.678. The fourth-order valence-corrected chi connectivity index (χ4v) is 2.72. The third-order valence-corrected chi connectivity index (χ3v) is 4.20. The maximum Gasteiger partial charge on any atom is 0.00386 e. The molecule has 122 valence electrons. The van der Waals surface area contributed by atoms with E-state index >= 15 is 0 Å². The lowest BCUT2D eigenvalue weighted by atomic mass is 10.1. The van der Waals surface area contributed by atoms with Gasteiger partial charge < -0.3 is 15.1 Å². The lowest BCUT2D eigenvalue weighted by Gasteiger charge is -2.23. The van der Waals surface area contributed by atoms with E-state index in [4.69, 9.17) is 0 Å². The summed E-state index contributed by atoms with van der Waals surface area (Å²) in [5.41, 5.74) is 0. The number of nitrogens with one attached hydrogen (secondary N) is 1. The average Bonchev–Trinajstić information content (AvgIpc) is 2.46. The summed E-state index contributed by atoms with van der Waals surface area (Å²) in [7, 11) is 0. The molecule has 0 rings (SSSR count). The highest BCUT2D eigenvalue weighted by Crippen LogP contribution is 2.03. The molecule has 0 heterocycles. The average molecular weight is 286 g/mol. The van der Waals surface area contributed by atoms with Gasteiger partial charge in [-0.25, -0.2) is 0 Å². The second-order valence-electron chi connectivity index (χ2n) is 5.77. The van der Waals surface area contributed by atoms with Gasteiger partial charge in [-0.05, 0) is 72.0 Å². The van der Waals surface area contributed by atoms with Crippen LogP contribution in [0.2, 0.25) is 0 Å². The molecular weight excluding hydrogens is 246 g/mol. The van der Waals surface area contributed by atoms with Crippen molar-refractivity contribution in [3.63, 3.8) is 0 Å². The molecular formula is C17H39N3. The van der Waals surface area contributed by atoms with Crippen molar-refractivity contribution < 1.29 is 0 Å².